The topological polar surface area (TPSA) is 108 Å². The number of hydrogen-bond acceptors (Lipinski definition) is 7. The third kappa shape index (κ3) is 5.78. The van der Waals surface area contributed by atoms with Crippen LogP contribution in [0.5, 0.6) is 11.5 Å². The summed E-state index contributed by atoms with van der Waals surface area (Å²) in [7, 11) is -1.19. The van der Waals surface area contributed by atoms with Gasteiger partial charge in [0, 0.05) is 11.6 Å². The second-order valence-electron chi connectivity index (χ2n) is 6.20. The van der Waals surface area contributed by atoms with Crippen molar-refractivity contribution in [3.63, 3.8) is 0 Å². The Morgan fingerprint density at radius 1 is 1.00 bits per heavy atom. The van der Waals surface area contributed by atoms with Gasteiger partial charge in [-0.3, -0.25) is 9.59 Å². The molecule has 0 aliphatic carbocycles. The van der Waals surface area contributed by atoms with Gasteiger partial charge in [0.15, 0.2) is 17.6 Å². The van der Waals surface area contributed by atoms with Crippen LogP contribution in [0.25, 0.3) is 0 Å². The highest BCUT2D eigenvalue weighted by atomic mass is 32.2. The lowest BCUT2D eigenvalue weighted by molar-refractivity contribution is -0.144. The molecule has 2 rings (SSSR count). The number of Topliss-reactive ketones (excluding diaryl/α,β-unsaturated/α-hetero) is 1. The van der Waals surface area contributed by atoms with Crippen LogP contribution in [0.4, 0.5) is 0 Å². The molecule has 0 aliphatic heterocycles. The van der Waals surface area contributed by atoms with Crippen molar-refractivity contribution in [3.8, 4) is 11.5 Å². The predicted octanol–water partition coefficient (Wildman–Crippen LogP) is 2.11. The number of ether oxygens (including phenoxy) is 3. The fourth-order valence-corrected chi connectivity index (χ4v) is 3.45. The Hall–Kier alpha value is -2.91. The van der Waals surface area contributed by atoms with Gasteiger partial charge in [0.05, 0.1) is 19.1 Å². The third-order valence-electron chi connectivity index (χ3n) is 4.09. The first-order valence-electron chi connectivity index (χ1n) is 8.70. The predicted molar refractivity (Wildman–Crippen MR) is 106 cm³/mol. The first-order chi connectivity index (χ1) is 13.7. The summed E-state index contributed by atoms with van der Waals surface area (Å²) in [6.07, 6.45) is -1.05. The molecule has 2 aromatic carbocycles. The van der Waals surface area contributed by atoms with Crippen LogP contribution >= 0.6 is 0 Å². The molecular weight excluding hydrogens is 398 g/mol. The lowest BCUT2D eigenvalue weighted by Crippen LogP contribution is -2.34. The Morgan fingerprint density at radius 2 is 1.62 bits per heavy atom. The normalized spacial score (nSPS) is 12.1. The number of ketones is 1. The quantitative estimate of drug-likeness (QED) is 0.488. The number of aryl methyl sites for hydroxylation is 1. The zero-order valence-corrected chi connectivity index (χ0v) is 17.4. The highest BCUT2D eigenvalue weighted by Gasteiger charge is 2.22. The molecule has 0 heterocycles. The van der Waals surface area contributed by atoms with E-state index in [1.807, 2.05) is 6.92 Å². The van der Waals surface area contributed by atoms with Crippen LogP contribution in [0.1, 0.15) is 22.8 Å². The Kier molecular flexibility index (Phi) is 7.35. The summed E-state index contributed by atoms with van der Waals surface area (Å²) < 4.78 is 42.1. The minimum atomic E-state index is -4.00. The van der Waals surface area contributed by atoms with Crippen LogP contribution in [0.15, 0.2) is 47.4 Å². The number of carbonyl (C=O) groups excluding carboxylic acids is 2. The maximum absolute atomic E-state index is 12.4. The summed E-state index contributed by atoms with van der Waals surface area (Å²) in [6, 6.07) is 10.9. The molecule has 8 nitrogen and oxygen atoms in total. The summed E-state index contributed by atoms with van der Waals surface area (Å²) in [5.41, 5.74) is 1.40. The standard InChI is InChI=1S/C20H23NO7S/c1-13-5-7-15(8-6-13)20(23)14(2)28-19(22)12-21-29(24,25)16-9-10-17(26-3)18(11-16)27-4/h5-11,14,21H,12H2,1-4H3/t14-/m1/s1. The molecule has 0 aliphatic rings. The first-order valence-corrected chi connectivity index (χ1v) is 10.2. The Labute approximate surface area is 169 Å². The molecule has 2 aromatic rings. The Balaban J connectivity index is 1.98. The van der Waals surface area contributed by atoms with Gasteiger partial charge in [-0.05, 0) is 26.0 Å². The van der Waals surface area contributed by atoms with Gasteiger partial charge in [0.2, 0.25) is 15.8 Å². The molecule has 1 N–H and O–H groups in total. The van der Waals surface area contributed by atoms with Gasteiger partial charge in [-0.15, -0.1) is 0 Å². The van der Waals surface area contributed by atoms with E-state index in [0.29, 0.717) is 11.3 Å². The average Bonchev–Trinajstić information content (AvgIpc) is 2.71. The minimum absolute atomic E-state index is 0.105. The van der Waals surface area contributed by atoms with Crippen LogP contribution in [-0.4, -0.2) is 47.0 Å². The van der Waals surface area contributed by atoms with Crippen LogP contribution in [0.2, 0.25) is 0 Å². The number of benzene rings is 2. The molecule has 0 saturated heterocycles. The molecule has 0 amide bonds. The van der Waals surface area contributed by atoms with E-state index in [-0.39, 0.29) is 16.4 Å². The molecule has 0 unspecified atom stereocenters. The van der Waals surface area contributed by atoms with Gasteiger partial charge in [0.1, 0.15) is 6.54 Å². The highest BCUT2D eigenvalue weighted by Crippen LogP contribution is 2.29. The second kappa shape index (κ2) is 9.53. The summed E-state index contributed by atoms with van der Waals surface area (Å²) in [6.45, 7) is 2.70. The van der Waals surface area contributed by atoms with Crippen LogP contribution in [-0.2, 0) is 19.6 Å². The van der Waals surface area contributed by atoms with Gasteiger partial charge in [-0.1, -0.05) is 29.8 Å². The molecular formula is C20H23NO7S. The van der Waals surface area contributed by atoms with Crippen LogP contribution in [0, 0.1) is 6.92 Å². The van der Waals surface area contributed by atoms with Crippen LogP contribution < -0.4 is 14.2 Å². The fraction of sp³-hybridized carbons (Fsp3) is 0.300. The number of carbonyl (C=O) groups is 2. The van der Waals surface area contributed by atoms with Crippen molar-refractivity contribution in [2.45, 2.75) is 24.8 Å². The maximum atomic E-state index is 12.4. The zero-order chi connectivity index (χ0) is 21.6. The molecule has 156 valence electrons. The van der Waals surface area contributed by atoms with Gasteiger partial charge in [-0.2, -0.15) is 4.72 Å². The number of rotatable bonds is 9. The summed E-state index contributed by atoms with van der Waals surface area (Å²) >= 11 is 0. The van der Waals surface area contributed by atoms with E-state index in [2.05, 4.69) is 4.72 Å². The number of nitrogens with one attached hydrogen (secondary N) is 1. The molecule has 0 bridgehead atoms. The van der Waals surface area contributed by atoms with E-state index in [1.54, 1.807) is 24.3 Å². The Bertz CT molecular complexity index is 984. The third-order valence-corrected chi connectivity index (χ3v) is 5.48. The van der Waals surface area contributed by atoms with Crippen molar-refractivity contribution in [1.29, 1.82) is 0 Å². The Morgan fingerprint density at radius 3 is 2.21 bits per heavy atom. The monoisotopic (exact) mass is 421 g/mol. The molecule has 0 radical (unpaired) electrons. The summed E-state index contributed by atoms with van der Waals surface area (Å²) in [4.78, 5) is 24.2. The molecule has 0 aromatic heterocycles. The number of methoxy groups -OCH3 is 2. The van der Waals surface area contributed by atoms with Gasteiger partial charge >= 0.3 is 5.97 Å². The molecule has 0 spiro atoms. The van der Waals surface area contributed by atoms with Crippen LogP contribution in [0.3, 0.4) is 0 Å². The molecule has 1 atom stereocenters. The second-order valence-corrected chi connectivity index (χ2v) is 7.97. The highest BCUT2D eigenvalue weighted by molar-refractivity contribution is 7.89. The maximum Gasteiger partial charge on any atom is 0.321 e. The molecule has 9 heteroatoms. The van der Waals surface area contributed by atoms with Gasteiger partial charge < -0.3 is 14.2 Å². The van der Waals surface area contributed by atoms with Crippen molar-refractivity contribution in [2.75, 3.05) is 20.8 Å². The molecule has 29 heavy (non-hydrogen) atoms. The average molecular weight is 421 g/mol. The number of hydrogen-bond donors (Lipinski definition) is 1. The molecule has 0 saturated carbocycles. The summed E-state index contributed by atoms with van der Waals surface area (Å²) in [5.74, 6) is -0.646. The fourth-order valence-electron chi connectivity index (χ4n) is 2.47. The minimum Gasteiger partial charge on any atom is -0.493 e. The zero-order valence-electron chi connectivity index (χ0n) is 16.6. The van der Waals surface area contributed by atoms with Crippen molar-refractivity contribution >= 4 is 21.8 Å². The van der Waals surface area contributed by atoms with E-state index in [0.717, 1.165) is 5.56 Å². The smallest absolute Gasteiger partial charge is 0.321 e. The van der Waals surface area contributed by atoms with E-state index in [1.165, 1.54) is 39.3 Å². The molecule has 0 fully saturated rings. The van der Waals surface area contributed by atoms with Crippen molar-refractivity contribution in [2.24, 2.45) is 0 Å². The van der Waals surface area contributed by atoms with E-state index in [4.69, 9.17) is 14.2 Å². The van der Waals surface area contributed by atoms with E-state index in [9.17, 15) is 18.0 Å². The van der Waals surface area contributed by atoms with Crippen molar-refractivity contribution < 1.29 is 32.2 Å². The van der Waals surface area contributed by atoms with Crippen molar-refractivity contribution in [3.05, 3.63) is 53.6 Å². The van der Waals surface area contributed by atoms with Gasteiger partial charge in [-0.25, -0.2) is 8.42 Å². The number of esters is 1. The lowest BCUT2D eigenvalue weighted by atomic mass is 10.1. The largest absolute Gasteiger partial charge is 0.493 e. The first kappa shape index (κ1) is 22.4. The summed E-state index contributed by atoms with van der Waals surface area (Å²) in [5, 5.41) is 0. The number of sulfonamides is 1. The van der Waals surface area contributed by atoms with E-state index < -0.39 is 28.6 Å². The lowest BCUT2D eigenvalue weighted by Gasteiger charge is -2.14. The SMILES string of the molecule is COc1ccc(S(=O)(=O)NCC(=O)O[C@H](C)C(=O)c2ccc(C)cc2)cc1OC. The van der Waals surface area contributed by atoms with Gasteiger partial charge in [0.25, 0.3) is 0 Å². The van der Waals surface area contributed by atoms with E-state index >= 15 is 0 Å². The van der Waals surface area contributed by atoms with Crippen molar-refractivity contribution in [1.82, 2.24) is 4.72 Å².